The molecule has 0 aliphatic heterocycles. The van der Waals surface area contributed by atoms with Gasteiger partial charge in [-0.1, -0.05) is 77.6 Å². The molecular formula is C22H40. The lowest BCUT2D eigenvalue weighted by atomic mass is 9.54. The fourth-order valence-corrected chi connectivity index (χ4v) is 6.50. The molecule has 2 bridgehead atoms. The van der Waals surface area contributed by atoms with Crippen molar-refractivity contribution in [2.45, 2.75) is 122 Å². The number of fused-ring (bicyclic) bond motifs is 2. The van der Waals surface area contributed by atoms with Gasteiger partial charge in [0.2, 0.25) is 0 Å². The van der Waals surface area contributed by atoms with Gasteiger partial charge in [0.05, 0.1) is 0 Å². The third-order valence-corrected chi connectivity index (χ3v) is 7.66. The molecular weight excluding hydrogens is 264 g/mol. The Bertz CT molecular complexity index is 323. The van der Waals surface area contributed by atoms with Crippen LogP contribution < -0.4 is 0 Å². The smallest absolute Gasteiger partial charge is 0.0264 e. The van der Waals surface area contributed by atoms with E-state index in [0.717, 1.165) is 11.3 Å². The molecule has 3 fully saturated rings. The Hall–Kier alpha value is 0. The van der Waals surface area contributed by atoms with Gasteiger partial charge in [0.25, 0.3) is 0 Å². The molecule has 3 aliphatic rings. The van der Waals surface area contributed by atoms with Crippen molar-refractivity contribution in [1.29, 1.82) is 0 Å². The van der Waals surface area contributed by atoms with E-state index in [9.17, 15) is 0 Å². The van der Waals surface area contributed by atoms with E-state index in [1.807, 2.05) is 0 Å². The van der Waals surface area contributed by atoms with Crippen molar-refractivity contribution in [2.75, 3.05) is 0 Å². The van der Waals surface area contributed by atoms with Gasteiger partial charge in [-0.05, 0) is 61.7 Å². The lowest BCUT2D eigenvalue weighted by molar-refractivity contribution is -0.00188. The fraction of sp³-hybridized carbons (Fsp3) is 1.00. The second-order valence-corrected chi connectivity index (χ2v) is 9.51. The predicted molar refractivity (Wildman–Crippen MR) is 97.1 cm³/mol. The summed E-state index contributed by atoms with van der Waals surface area (Å²) in [7, 11) is 0. The van der Waals surface area contributed by atoms with E-state index in [-0.39, 0.29) is 0 Å². The SMILES string of the molecule is CC12CCCCCCC(C3CCCCCCCC3)(CCC1)C2. The second-order valence-electron chi connectivity index (χ2n) is 9.51. The highest BCUT2D eigenvalue weighted by Crippen LogP contribution is 2.57. The molecule has 22 heavy (non-hydrogen) atoms. The van der Waals surface area contributed by atoms with Crippen molar-refractivity contribution in [2.24, 2.45) is 16.7 Å². The quantitative estimate of drug-likeness (QED) is 0.466. The summed E-state index contributed by atoms with van der Waals surface area (Å²) in [5.41, 5.74) is 1.45. The van der Waals surface area contributed by atoms with Gasteiger partial charge in [-0.3, -0.25) is 0 Å². The first-order valence-corrected chi connectivity index (χ1v) is 10.7. The highest BCUT2D eigenvalue weighted by Gasteiger charge is 2.45. The Balaban J connectivity index is 1.78. The molecule has 0 saturated heterocycles. The van der Waals surface area contributed by atoms with Crippen LogP contribution in [0.4, 0.5) is 0 Å². The first-order valence-electron chi connectivity index (χ1n) is 10.7. The van der Waals surface area contributed by atoms with E-state index >= 15 is 0 Å². The Labute approximate surface area is 139 Å². The Morgan fingerprint density at radius 3 is 1.77 bits per heavy atom. The summed E-state index contributed by atoms with van der Waals surface area (Å²) in [6.07, 6.45) is 27.7. The van der Waals surface area contributed by atoms with Crippen LogP contribution in [-0.2, 0) is 0 Å². The minimum absolute atomic E-state index is 0.695. The van der Waals surface area contributed by atoms with E-state index in [2.05, 4.69) is 6.92 Å². The van der Waals surface area contributed by atoms with Gasteiger partial charge >= 0.3 is 0 Å². The highest BCUT2D eigenvalue weighted by molar-refractivity contribution is 4.96. The monoisotopic (exact) mass is 304 g/mol. The largest absolute Gasteiger partial charge is 0.0596 e. The van der Waals surface area contributed by atoms with E-state index in [1.54, 1.807) is 32.1 Å². The maximum atomic E-state index is 2.65. The lowest BCUT2D eigenvalue weighted by Gasteiger charge is -2.51. The predicted octanol–water partition coefficient (Wildman–Crippen LogP) is 7.66. The lowest BCUT2D eigenvalue weighted by Crippen LogP contribution is -2.40. The molecule has 3 saturated carbocycles. The molecule has 3 rings (SSSR count). The third-order valence-electron chi connectivity index (χ3n) is 7.66. The Morgan fingerprint density at radius 2 is 1.05 bits per heavy atom. The summed E-state index contributed by atoms with van der Waals surface area (Å²) in [5, 5.41) is 0. The Kier molecular flexibility index (Phi) is 5.91. The molecule has 0 heteroatoms. The number of hydrogen-bond acceptors (Lipinski definition) is 0. The summed E-state index contributed by atoms with van der Waals surface area (Å²) in [5.74, 6) is 1.07. The maximum absolute atomic E-state index is 2.65. The highest BCUT2D eigenvalue weighted by atomic mass is 14.5. The van der Waals surface area contributed by atoms with Crippen LogP contribution in [0.15, 0.2) is 0 Å². The third kappa shape index (κ3) is 4.09. The average Bonchev–Trinajstić information content (AvgIpc) is 2.67. The van der Waals surface area contributed by atoms with E-state index < -0.39 is 0 Å². The summed E-state index contributed by atoms with van der Waals surface area (Å²) in [6, 6.07) is 0. The normalized spacial score (nSPS) is 39.7. The van der Waals surface area contributed by atoms with Crippen LogP contribution >= 0.6 is 0 Å². The van der Waals surface area contributed by atoms with Crippen molar-refractivity contribution in [3.63, 3.8) is 0 Å². The topological polar surface area (TPSA) is 0 Å². The molecule has 128 valence electrons. The van der Waals surface area contributed by atoms with Crippen molar-refractivity contribution < 1.29 is 0 Å². The summed E-state index contributed by atoms with van der Waals surface area (Å²) in [6.45, 7) is 2.65. The number of hydrogen-bond donors (Lipinski definition) is 0. The van der Waals surface area contributed by atoms with Crippen LogP contribution in [0.1, 0.15) is 122 Å². The summed E-state index contributed by atoms with van der Waals surface area (Å²) in [4.78, 5) is 0. The first-order chi connectivity index (χ1) is 10.7. The van der Waals surface area contributed by atoms with Crippen molar-refractivity contribution in [3.05, 3.63) is 0 Å². The molecule has 3 aliphatic carbocycles. The van der Waals surface area contributed by atoms with E-state index in [4.69, 9.17) is 0 Å². The van der Waals surface area contributed by atoms with Crippen molar-refractivity contribution in [1.82, 2.24) is 0 Å². The molecule has 0 aromatic rings. The van der Waals surface area contributed by atoms with Gasteiger partial charge in [-0.25, -0.2) is 0 Å². The molecule has 0 amide bonds. The molecule has 0 spiro atoms. The van der Waals surface area contributed by atoms with Gasteiger partial charge in [-0.15, -0.1) is 0 Å². The standard InChI is InChI=1S/C22H40/c1-21-15-10-6-7-11-17-22(19-21,18-12-16-21)20-13-8-4-2-3-5-9-14-20/h20H,2-19H2,1H3. The molecule has 0 heterocycles. The van der Waals surface area contributed by atoms with Crippen LogP contribution in [-0.4, -0.2) is 0 Å². The van der Waals surface area contributed by atoms with Crippen LogP contribution in [0.5, 0.6) is 0 Å². The zero-order valence-corrected chi connectivity index (χ0v) is 15.3. The molecule has 0 nitrogen and oxygen atoms in total. The zero-order chi connectivity index (χ0) is 15.3. The van der Waals surface area contributed by atoms with Crippen LogP contribution in [0.25, 0.3) is 0 Å². The fourth-order valence-electron chi connectivity index (χ4n) is 6.50. The summed E-state index contributed by atoms with van der Waals surface area (Å²) < 4.78 is 0. The molecule has 0 aromatic heterocycles. The van der Waals surface area contributed by atoms with Gasteiger partial charge in [-0.2, -0.15) is 0 Å². The molecule has 0 N–H and O–H groups in total. The van der Waals surface area contributed by atoms with Gasteiger partial charge in [0.15, 0.2) is 0 Å². The Morgan fingerprint density at radius 1 is 0.545 bits per heavy atom. The van der Waals surface area contributed by atoms with Gasteiger partial charge < -0.3 is 0 Å². The maximum Gasteiger partial charge on any atom is -0.0264 e. The van der Waals surface area contributed by atoms with Crippen LogP contribution in [0, 0.1) is 16.7 Å². The zero-order valence-electron chi connectivity index (χ0n) is 15.3. The van der Waals surface area contributed by atoms with E-state index in [1.165, 1.54) is 83.5 Å². The minimum Gasteiger partial charge on any atom is -0.0596 e. The molecule has 2 atom stereocenters. The number of rotatable bonds is 1. The summed E-state index contributed by atoms with van der Waals surface area (Å²) >= 11 is 0. The van der Waals surface area contributed by atoms with Crippen LogP contribution in [0.2, 0.25) is 0 Å². The molecule has 2 unspecified atom stereocenters. The van der Waals surface area contributed by atoms with Crippen LogP contribution in [0.3, 0.4) is 0 Å². The van der Waals surface area contributed by atoms with Gasteiger partial charge in [0, 0.05) is 0 Å². The average molecular weight is 305 g/mol. The van der Waals surface area contributed by atoms with Crippen molar-refractivity contribution >= 4 is 0 Å². The second kappa shape index (κ2) is 7.71. The minimum atomic E-state index is 0.695. The molecule has 0 radical (unpaired) electrons. The van der Waals surface area contributed by atoms with Gasteiger partial charge in [0.1, 0.15) is 0 Å². The van der Waals surface area contributed by atoms with Crippen molar-refractivity contribution in [3.8, 4) is 0 Å². The first kappa shape index (κ1) is 16.8. The van der Waals surface area contributed by atoms with E-state index in [0.29, 0.717) is 5.41 Å². The molecule has 0 aromatic carbocycles.